The maximum atomic E-state index is 9.29. The van der Waals surface area contributed by atoms with Gasteiger partial charge in [0.15, 0.2) is 5.11 Å². The van der Waals surface area contributed by atoms with E-state index in [1.54, 1.807) is 11.8 Å². The van der Waals surface area contributed by atoms with E-state index in [1.807, 2.05) is 6.92 Å². The topological polar surface area (TPSA) is 47.8 Å². The summed E-state index contributed by atoms with van der Waals surface area (Å²) in [6, 6.07) is 2.37. The first-order chi connectivity index (χ1) is 8.26. The Morgan fingerprint density at radius 1 is 1.53 bits per heavy atom. The lowest BCUT2D eigenvalue weighted by Gasteiger charge is -2.24. The van der Waals surface area contributed by atoms with Gasteiger partial charge in [0.1, 0.15) is 0 Å². The van der Waals surface area contributed by atoms with E-state index in [2.05, 4.69) is 16.7 Å². The van der Waals surface area contributed by atoms with E-state index in [0.717, 1.165) is 23.6 Å². The molecule has 0 aromatic heterocycles. The van der Waals surface area contributed by atoms with Crippen LogP contribution in [0.1, 0.15) is 32.6 Å². The molecule has 0 unspecified atom stereocenters. The fraction of sp³-hybridized carbons (Fsp3) is 0.667. The zero-order chi connectivity index (χ0) is 12.3. The molecule has 0 spiro atoms. The van der Waals surface area contributed by atoms with Gasteiger partial charge in [0, 0.05) is 17.7 Å². The number of nitriles is 1. The quantitative estimate of drug-likeness (QED) is 0.753. The van der Waals surface area contributed by atoms with Crippen LogP contribution in [0.25, 0.3) is 0 Å². The third kappa shape index (κ3) is 2.75. The molecule has 1 aliphatic heterocycles. The minimum absolute atomic E-state index is 0.450. The lowest BCUT2D eigenvalue weighted by atomic mass is 9.84. The molecule has 1 aliphatic carbocycles. The number of nitrogens with one attached hydrogen (secondary N) is 2. The Bertz CT molecular complexity index is 384. The van der Waals surface area contributed by atoms with Crippen LogP contribution in [0.4, 0.5) is 0 Å². The van der Waals surface area contributed by atoms with Crippen LogP contribution in [0.3, 0.4) is 0 Å². The summed E-state index contributed by atoms with van der Waals surface area (Å²) in [6.45, 7) is 2.81. The van der Waals surface area contributed by atoms with Gasteiger partial charge < -0.3 is 10.6 Å². The van der Waals surface area contributed by atoms with Crippen LogP contribution in [-0.4, -0.2) is 16.9 Å². The number of nitrogens with zero attached hydrogens (tertiary/aromatic N) is 1. The molecule has 0 aromatic carbocycles. The van der Waals surface area contributed by atoms with Crippen LogP contribution >= 0.6 is 24.0 Å². The average molecular weight is 267 g/mol. The molecule has 1 fully saturated rings. The molecule has 2 atom stereocenters. The van der Waals surface area contributed by atoms with Crippen LogP contribution in [0.5, 0.6) is 0 Å². The van der Waals surface area contributed by atoms with Gasteiger partial charge >= 0.3 is 0 Å². The molecule has 0 saturated heterocycles. The predicted molar refractivity (Wildman–Crippen MR) is 75.4 cm³/mol. The Morgan fingerprint density at radius 2 is 2.29 bits per heavy atom. The van der Waals surface area contributed by atoms with Gasteiger partial charge in [0.25, 0.3) is 0 Å². The average Bonchev–Trinajstić information content (AvgIpc) is 2.66. The van der Waals surface area contributed by atoms with Crippen molar-refractivity contribution in [3.63, 3.8) is 0 Å². The number of rotatable bonds is 2. The molecule has 1 saturated carbocycles. The standard InChI is InChI=1S/C12H17N3S2/c1-2-14-12(16)15-11-9(7-13)8-5-3-4-6-10(8)17-11/h8,10H,2-6H2,1H3,(H2,14,15,16)/t8-,10-/m0/s1. The minimum atomic E-state index is 0.450. The zero-order valence-electron chi connectivity index (χ0n) is 9.95. The molecule has 5 heteroatoms. The van der Waals surface area contributed by atoms with E-state index in [-0.39, 0.29) is 0 Å². The molecule has 0 radical (unpaired) electrons. The van der Waals surface area contributed by atoms with Gasteiger partial charge in [0.2, 0.25) is 0 Å². The van der Waals surface area contributed by atoms with Crippen LogP contribution in [0.15, 0.2) is 10.6 Å². The lowest BCUT2D eigenvalue weighted by Crippen LogP contribution is -2.33. The second-order valence-corrected chi connectivity index (χ2v) is 6.04. The van der Waals surface area contributed by atoms with Crippen molar-refractivity contribution in [2.45, 2.75) is 37.9 Å². The van der Waals surface area contributed by atoms with Crippen molar-refractivity contribution in [2.75, 3.05) is 6.54 Å². The molecule has 3 nitrogen and oxygen atoms in total. The third-order valence-electron chi connectivity index (χ3n) is 3.27. The highest BCUT2D eigenvalue weighted by Crippen LogP contribution is 2.47. The fourth-order valence-electron chi connectivity index (χ4n) is 2.49. The molecule has 0 aromatic rings. The summed E-state index contributed by atoms with van der Waals surface area (Å²) < 4.78 is 0. The summed E-state index contributed by atoms with van der Waals surface area (Å²) in [6.07, 6.45) is 4.91. The van der Waals surface area contributed by atoms with Crippen molar-refractivity contribution >= 4 is 29.1 Å². The second kappa shape index (κ2) is 5.74. The molecular weight excluding hydrogens is 250 g/mol. The predicted octanol–water partition coefficient (Wildman–Crippen LogP) is 2.51. The number of thioether (sulfide) groups is 1. The number of hydrogen-bond acceptors (Lipinski definition) is 3. The lowest BCUT2D eigenvalue weighted by molar-refractivity contribution is 0.427. The maximum absolute atomic E-state index is 9.29. The summed E-state index contributed by atoms with van der Waals surface area (Å²) in [7, 11) is 0. The van der Waals surface area contributed by atoms with Gasteiger partial charge in [-0.3, -0.25) is 0 Å². The first-order valence-electron chi connectivity index (χ1n) is 6.12. The zero-order valence-corrected chi connectivity index (χ0v) is 11.6. The highest BCUT2D eigenvalue weighted by molar-refractivity contribution is 8.04. The van der Waals surface area contributed by atoms with Crippen molar-refractivity contribution in [3.05, 3.63) is 10.6 Å². The van der Waals surface area contributed by atoms with Crippen molar-refractivity contribution < 1.29 is 0 Å². The molecular formula is C12H17N3S2. The van der Waals surface area contributed by atoms with E-state index in [9.17, 15) is 5.26 Å². The summed E-state index contributed by atoms with van der Waals surface area (Å²) in [4.78, 5) is 0. The SMILES string of the molecule is CCNC(=S)NC1=C(C#N)[C@@H]2CCCC[C@@H]2S1. The van der Waals surface area contributed by atoms with Crippen LogP contribution in [-0.2, 0) is 0 Å². The summed E-state index contributed by atoms with van der Waals surface area (Å²) >= 11 is 6.98. The third-order valence-corrected chi connectivity index (χ3v) is 4.94. The Hall–Kier alpha value is -0.730. The highest BCUT2D eigenvalue weighted by atomic mass is 32.2. The van der Waals surface area contributed by atoms with E-state index in [4.69, 9.17) is 12.2 Å². The van der Waals surface area contributed by atoms with Gasteiger partial charge in [-0.25, -0.2) is 0 Å². The first-order valence-corrected chi connectivity index (χ1v) is 7.40. The molecule has 2 N–H and O–H groups in total. The Balaban J connectivity index is 2.09. The molecule has 2 aliphatic rings. The number of fused-ring (bicyclic) bond motifs is 1. The fourth-order valence-corrected chi connectivity index (χ4v) is 4.31. The largest absolute Gasteiger partial charge is 0.363 e. The molecule has 92 valence electrons. The van der Waals surface area contributed by atoms with Gasteiger partial charge in [-0.2, -0.15) is 5.26 Å². The molecule has 0 bridgehead atoms. The first kappa shape index (κ1) is 12.7. The van der Waals surface area contributed by atoms with Gasteiger partial charge in [-0.1, -0.05) is 12.8 Å². The van der Waals surface area contributed by atoms with Crippen molar-refractivity contribution in [3.8, 4) is 6.07 Å². The van der Waals surface area contributed by atoms with Crippen molar-refractivity contribution in [1.82, 2.24) is 10.6 Å². The maximum Gasteiger partial charge on any atom is 0.171 e. The Kier molecular flexibility index (Phi) is 4.30. The molecule has 17 heavy (non-hydrogen) atoms. The molecule has 2 rings (SSSR count). The van der Waals surface area contributed by atoms with Gasteiger partial charge in [-0.05, 0) is 32.0 Å². The van der Waals surface area contributed by atoms with Crippen molar-refractivity contribution in [2.24, 2.45) is 5.92 Å². The van der Waals surface area contributed by atoms with E-state index < -0.39 is 0 Å². The minimum Gasteiger partial charge on any atom is -0.363 e. The number of allylic oxidation sites excluding steroid dienone is 1. The monoisotopic (exact) mass is 267 g/mol. The van der Waals surface area contributed by atoms with Gasteiger partial charge in [0.05, 0.1) is 16.7 Å². The van der Waals surface area contributed by atoms with E-state index in [1.165, 1.54) is 19.3 Å². The molecule has 1 heterocycles. The summed E-state index contributed by atoms with van der Waals surface area (Å²) in [5.74, 6) is 0.450. The summed E-state index contributed by atoms with van der Waals surface area (Å²) in [5, 5.41) is 17.7. The number of thiocarbonyl (C=S) groups is 1. The second-order valence-electron chi connectivity index (χ2n) is 4.39. The Morgan fingerprint density at radius 3 is 3.00 bits per heavy atom. The van der Waals surface area contributed by atoms with Crippen LogP contribution < -0.4 is 10.6 Å². The summed E-state index contributed by atoms with van der Waals surface area (Å²) in [5.41, 5.74) is 0.917. The van der Waals surface area contributed by atoms with Crippen LogP contribution in [0.2, 0.25) is 0 Å². The Labute approximate surface area is 112 Å². The van der Waals surface area contributed by atoms with E-state index in [0.29, 0.717) is 16.3 Å². The highest BCUT2D eigenvalue weighted by Gasteiger charge is 2.37. The normalized spacial score (nSPS) is 27.3. The van der Waals surface area contributed by atoms with Crippen LogP contribution in [0, 0.1) is 17.2 Å². The molecule has 0 amide bonds. The van der Waals surface area contributed by atoms with E-state index >= 15 is 0 Å². The van der Waals surface area contributed by atoms with Gasteiger partial charge in [-0.15, -0.1) is 11.8 Å². The van der Waals surface area contributed by atoms with Crippen molar-refractivity contribution in [1.29, 1.82) is 5.26 Å². The smallest absolute Gasteiger partial charge is 0.171 e. The number of hydrogen-bond donors (Lipinski definition) is 2.